The molecule has 0 N–H and O–H groups in total. The van der Waals surface area contributed by atoms with E-state index in [0.717, 1.165) is 24.9 Å². The number of carbonyl (C=O) groups is 1. The van der Waals surface area contributed by atoms with Crippen LogP contribution in [0.3, 0.4) is 0 Å². The van der Waals surface area contributed by atoms with Gasteiger partial charge in [0.25, 0.3) is 5.91 Å². The van der Waals surface area contributed by atoms with Crippen molar-refractivity contribution in [3.63, 3.8) is 0 Å². The molecule has 98 valence electrons. The molecule has 0 spiro atoms. The molecule has 0 saturated carbocycles. The van der Waals surface area contributed by atoms with Crippen molar-refractivity contribution < 1.29 is 9.21 Å². The lowest BCUT2D eigenvalue weighted by atomic mass is 10.1. The molecule has 0 bridgehead atoms. The zero-order chi connectivity index (χ0) is 13.2. The molecule has 1 fully saturated rings. The van der Waals surface area contributed by atoms with Crippen LogP contribution in [-0.2, 0) is 0 Å². The van der Waals surface area contributed by atoms with Gasteiger partial charge >= 0.3 is 0 Å². The van der Waals surface area contributed by atoms with E-state index < -0.39 is 0 Å². The molecule has 3 heterocycles. The van der Waals surface area contributed by atoms with Crippen molar-refractivity contribution in [1.82, 2.24) is 9.88 Å². The summed E-state index contributed by atoms with van der Waals surface area (Å²) in [6.07, 6.45) is 5.48. The quantitative estimate of drug-likeness (QED) is 0.845. The lowest BCUT2D eigenvalue weighted by molar-refractivity contribution is 0.0703. The smallest absolute Gasteiger partial charge is 0.290 e. The number of pyridine rings is 1. The number of amides is 1. The molecule has 1 saturated heterocycles. The first-order chi connectivity index (χ1) is 9.25. The van der Waals surface area contributed by atoms with Crippen LogP contribution in [-0.4, -0.2) is 22.3 Å². The van der Waals surface area contributed by atoms with Crippen LogP contribution in [0.15, 0.2) is 41.1 Å². The molecule has 4 nitrogen and oxygen atoms in total. The third kappa shape index (κ3) is 2.36. The summed E-state index contributed by atoms with van der Waals surface area (Å²) in [7, 11) is 0. The summed E-state index contributed by atoms with van der Waals surface area (Å²) in [5, 5.41) is 0.237. The molecular formula is C14H13ClN2O2. The molecule has 2 aromatic rings. The van der Waals surface area contributed by atoms with Gasteiger partial charge in [-0.05, 0) is 48.2 Å². The molecule has 1 aliphatic heterocycles. The maximum Gasteiger partial charge on any atom is 0.290 e. The second-order valence-corrected chi connectivity index (χ2v) is 4.92. The number of nitrogens with zero attached hydrogens (tertiary/aromatic N) is 2. The highest BCUT2D eigenvalue weighted by molar-refractivity contribution is 6.29. The fourth-order valence-corrected chi connectivity index (χ4v) is 2.65. The second-order valence-electron chi connectivity index (χ2n) is 4.55. The summed E-state index contributed by atoms with van der Waals surface area (Å²) in [6, 6.07) is 7.16. The molecule has 1 aliphatic rings. The van der Waals surface area contributed by atoms with Gasteiger partial charge in [0.05, 0.1) is 6.04 Å². The number of aromatic nitrogens is 1. The number of halogens is 1. The first-order valence-corrected chi connectivity index (χ1v) is 6.60. The minimum absolute atomic E-state index is 0.0741. The van der Waals surface area contributed by atoms with Gasteiger partial charge in [0.1, 0.15) is 0 Å². The largest absolute Gasteiger partial charge is 0.440 e. The van der Waals surface area contributed by atoms with Crippen LogP contribution in [0.25, 0.3) is 0 Å². The molecule has 0 radical (unpaired) electrons. The zero-order valence-corrected chi connectivity index (χ0v) is 11.0. The van der Waals surface area contributed by atoms with Gasteiger partial charge in [-0.3, -0.25) is 9.78 Å². The van der Waals surface area contributed by atoms with E-state index >= 15 is 0 Å². The summed E-state index contributed by atoms with van der Waals surface area (Å²) < 4.78 is 5.20. The van der Waals surface area contributed by atoms with Crippen molar-refractivity contribution in [3.8, 4) is 0 Å². The number of hydrogen-bond donors (Lipinski definition) is 0. The Morgan fingerprint density at radius 1 is 1.42 bits per heavy atom. The number of furan rings is 1. The van der Waals surface area contributed by atoms with Gasteiger partial charge in [-0.2, -0.15) is 0 Å². The standard InChI is InChI=1S/C14H13ClN2O2/c15-13-6-5-12(19-13)14(18)17-8-2-4-11(17)10-3-1-7-16-9-10/h1,3,5-7,9,11H,2,4,8H2. The van der Waals surface area contributed by atoms with Gasteiger partial charge in [0.15, 0.2) is 11.0 Å². The molecule has 1 atom stereocenters. The molecule has 0 aliphatic carbocycles. The van der Waals surface area contributed by atoms with Gasteiger partial charge in [0, 0.05) is 18.9 Å². The Bertz CT molecular complexity index is 582. The maximum absolute atomic E-state index is 12.4. The third-order valence-electron chi connectivity index (χ3n) is 3.37. The van der Waals surface area contributed by atoms with Gasteiger partial charge in [-0.1, -0.05) is 6.07 Å². The van der Waals surface area contributed by atoms with Gasteiger partial charge < -0.3 is 9.32 Å². The molecule has 3 rings (SSSR count). The summed E-state index contributed by atoms with van der Waals surface area (Å²) in [6.45, 7) is 0.733. The molecule has 5 heteroatoms. The Hall–Kier alpha value is -1.81. The highest BCUT2D eigenvalue weighted by atomic mass is 35.5. The Balaban J connectivity index is 1.86. The van der Waals surface area contributed by atoms with E-state index in [9.17, 15) is 4.79 Å². The number of likely N-dealkylation sites (tertiary alicyclic amines) is 1. The summed E-state index contributed by atoms with van der Waals surface area (Å²) >= 11 is 5.72. The van der Waals surface area contributed by atoms with Crippen molar-refractivity contribution in [2.45, 2.75) is 18.9 Å². The van der Waals surface area contributed by atoms with Crippen LogP contribution in [0.1, 0.15) is 35.0 Å². The van der Waals surface area contributed by atoms with Crippen molar-refractivity contribution in [2.24, 2.45) is 0 Å². The predicted octanol–water partition coefficient (Wildman–Crippen LogP) is 3.31. The molecule has 1 unspecified atom stereocenters. The van der Waals surface area contributed by atoms with E-state index in [4.69, 9.17) is 16.0 Å². The van der Waals surface area contributed by atoms with Crippen molar-refractivity contribution >= 4 is 17.5 Å². The van der Waals surface area contributed by atoms with E-state index in [1.807, 2.05) is 23.2 Å². The molecule has 2 aromatic heterocycles. The van der Waals surface area contributed by atoms with Crippen LogP contribution in [0.4, 0.5) is 0 Å². The summed E-state index contributed by atoms with van der Waals surface area (Å²) in [4.78, 5) is 18.3. The average Bonchev–Trinajstić information content (AvgIpc) is 3.07. The topological polar surface area (TPSA) is 46.3 Å². The molecule has 19 heavy (non-hydrogen) atoms. The minimum Gasteiger partial charge on any atom is -0.440 e. The van der Waals surface area contributed by atoms with Gasteiger partial charge in [0.2, 0.25) is 0 Å². The third-order valence-corrected chi connectivity index (χ3v) is 3.57. The SMILES string of the molecule is O=C(c1ccc(Cl)o1)N1CCCC1c1cccnc1. The Morgan fingerprint density at radius 2 is 2.32 bits per heavy atom. The second kappa shape index (κ2) is 5.05. The fraction of sp³-hybridized carbons (Fsp3) is 0.286. The lowest BCUT2D eigenvalue weighted by Crippen LogP contribution is -2.30. The normalized spacial score (nSPS) is 18.8. The van der Waals surface area contributed by atoms with Crippen LogP contribution >= 0.6 is 11.6 Å². The maximum atomic E-state index is 12.4. The zero-order valence-electron chi connectivity index (χ0n) is 10.3. The molecule has 0 aromatic carbocycles. The molecule has 1 amide bonds. The van der Waals surface area contributed by atoms with Crippen LogP contribution in [0.5, 0.6) is 0 Å². The van der Waals surface area contributed by atoms with Crippen LogP contribution in [0, 0.1) is 0 Å². The minimum atomic E-state index is -0.113. The highest BCUT2D eigenvalue weighted by Crippen LogP contribution is 2.33. The summed E-state index contributed by atoms with van der Waals surface area (Å²) in [5.74, 6) is 0.180. The van der Waals surface area contributed by atoms with E-state index in [0.29, 0.717) is 5.76 Å². The van der Waals surface area contributed by atoms with E-state index in [-0.39, 0.29) is 17.2 Å². The van der Waals surface area contributed by atoms with Gasteiger partial charge in [-0.15, -0.1) is 0 Å². The predicted molar refractivity (Wildman–Crippen MR) is 71.0 cm³/mol. The van der Waals surface area contributed by atoms with E-state index in [2.05, 4.69) is 4.98 Å². The number of hydrogen-bond acceptors (Lipinski definition) is 3. The Morgan fingerprint density at radius 3 is 3.00 bits per heavy atom. The first-order valence-electron chi connectivity index (χ1n) is 6.22. The van der Waals surface area contributed by atoms with E-state index in [1.54, 1.807) is 18.3 Å². The Labute approximate surface area is 116 Å². The number of carbonyl (C=O) groups excluding carboxylic acids is 1. The summed E-state index contributed by atoms with van der Waals surface area (Å²) in [5.41, 5.74) is 1.06. The first kappa shape index (κ1) is 12.2. The highest BCUT2D eigenvalue weighted by Gasteiger charge is 2.32. The van der Waals surface area contributed by atoms with Crippen LogP contribution in [0.2, 0.25) is 5.22 Å². The monoisotopic (exact) mass is 276 g/mol. The van der Waals surface area contributed by atoms with Gasteiger partial charge in [-0.25, -0.2) is 0 Å². The number of rotatable bonds is 2. The van der Waals surface area contributed by atoms with E-state index in [1.165, 1.54) is 0 Å². The van der Waals surface area contributed by atoms with Crippen molar-refractivity contribution in [1.29, 1.82) is 0 Å². The average molecular weight is 277 g/mol. The van der Waals surface area contributed by atoms with Crippen molar-refractivity contribution in [3.05, 3.63) is 53.2 Å². The van der Waals surface area contributed by atoms with Crippen LogP contribution < -0.4 is 0 Å². The fourth-order valence-electron chi connectivity index (χ4n) is 2.50. The lowest BCUT2D eigenvalue weighted by Gasteiger charge is -2.23. The molecular weight excluding hydrogens is 264 g/mol. The Kier molecular flexibility index (Phi) is 3.25. The van der Waals surface area contributed by atoms with Crippen molar-refractivity contribution in [2.75, 3.05) is 6.54 Å².